The summed E-state index contributed by atoms with van der Waals surface area (Å²) in [6.07, 6.45) is 2.28. The first-order valence-electron chi connectivity index (χ1n) is 5.49. The van der Waals surface area contributed by atoms with E-state index in [4.69, 9.17) is 11.6 Å². The average Bonchev–Trinajstić information content (AvgIpc) is 2.71. The minimum absolute atomic E-state index is 0.259. The first-order valence-corrected chi connectivity index (χ1v) is 6.66. The highest BCUT2D eigenvalue weighted by Crippen LogP contribution is 2.25. The van der Waals surface area contributed by atoms with Gasteiger partial charge >= 0.3 is 0 Å². The van der Waals surface area contributed by atoms with Gasteiger partial charge in [-0.1, -0.05) is 17.7 Å². The third-order valence-corrected chi connectivity index (χ3v) is 4.29. The highest BCUT2D eigenvalue weighted by atomic mass is 79.9. The van der Waals surface area contributed by atoms with Crippen molar-refractivity contribution >= 4 is 27.5 Å². The van der Waals surface area contributed by atoms with Gasteiger partial charge in [0.25, 0.3) is 0 Å². The predicted molar refractivity (Wildman–Crippen MR) is 69.7 cm³/mol. The highest BCUT2D eigenvalue weighted by molar-refractivity contribution is 9.10. The van der Waals surface area contributed by atoms with Crippen LogP contribution in [0.3, 0.4) is 0 Å². The third kappa shape index (κ3) is 2.77. The maximum absolute atomic E-state index is 9.24. The van der Waals surface area contributed by atoms with Crippen LogP contribution in [-0.4, -0.2) is 29.2 Å². The molecule has 2 rings (SSSR count). The van der Waals surface area contributed by atoms with E-state index in [1.54, 1.807) is 0 Å². The second kappa shape index (κ2) is 5.50. The standard InChI is InChI=1S/C12H15BrClNO/c13-11-6-9(3-4-12(11)14)7-15-5-1-2-10(15)8-16/h3-4,6,10,16H,1-2,5,7-8H2. The summed E-state index contributed by atoms with van der Waals surface area (Å²) in [5.41, 5.74) is 1.23. The predicted octanol–water partition coefficient (Wildman–Crippen LogP) is 3.06. The van der Waals surface area contributed by atoms with Crippen molar-refractivity contribution in [1.82, 2.24) is 4.90 Å². The van der Waals surface area contributed by atoms with Gasteiger partial charge in [0.2, 0.25) is 0 Å². The Kier molecular flexibility index (Phi) is 4.25. The molecule has 0 saturated carbocycles. The van der Waals surface area contributed by atoms with Crippen molar-refractivity contribution in [3.05, 3.63) is 33.3 Å². The number of hydrogen-bond acceptors (Lipinski definition) is 2. The molecule has 1 aromatic carbocycles. The minimum Gasteiger partial charge on any atom is -0.395 e. The molecule has 1 aromatic rings. The molecule has 0 bridgehead atoms. The van der Waals surface area contributed by atoms with Gasteiger partial charge in [-0.2, -0.15) is 0 Å². The van der Waals surface area contributed by atoms with Crippen molar-refractivity contribution in [2.24, 2.45) is 0 Å². The Morgan fingerprint density at radius 3 is 3.00 bits per heavy atom. The maximum atomic E-state index is 9.24. The van der Waals surface area contributed by atoms with Crippen LogP contribution in [0.25, 0.3) is 0 Å². The molecule has 1 aliphatic rings. The Morgan fingerprint density at radius 1 is 1.50 bits per heavy atom. The van der Waals surface area contributed by atoms with Crippen molar-refractivity contribution in [2.45, 2.75) is 25.4 Å². The normalized spacial score (nSPS) is 21.6. The van der Waals surface area contributed by atoms with Crippen molar-refractivity contribution < 1.29 is 5.11 Å². The number of aliphatic hydroxyl groups excluding tert-OH is 1. The van der Waals surface area contributed by atoms with E-state index in [0.717, 1.165) is 29.0 Å². The van der Waals surface area contributed by atoms with Crippen LogP contribution >= 0.6 is 27.5 Å². The summed E-state index contributed by atoms with van der Waals surface area (Å²) < 4.78 is 0.936. The molecule has 1 fully saturated rings. The molecule has 1 saturated heterocycles. The van der Waals surface area contributed by atoms with Gasteiger partial charge in [-0.3, -0.25) is 4.90 Å². The zero-order chi connectivity index (χ0) is 11.5. The van der Waals surface area contributed by atoms with E-state index in [0.29, 0.717) is 6.04 Å². The molecule has 1 aliphatic heterocycles. The molecule has 1 N–H and O–H groups in total. The molecule has 1 atom stereocenters. The number of nitrogens with zero attached hydrogens (tertiary/aromatic N) is 1. The molecule has 2 nitrogen and oxygen atoms in total. The van der Waals surface area contributed by atoms with Crippen LogP contribution in [0.4, 0.5) is 0 Å². The second-order valence-electron chi connectivity index (χ2n) is 4.20. The highest BCUT2D eigenvalue weighted by Gasteiger charge is 2.23. The summed E-state index contributed by atoms with van der Waals surface area (Å²) in [6, 6.07) is 6.33. The van der Waals surface area contributed by atoms with Crippen molar-refractivity contribution in [3.8, 4) is 0 Å². The molecule has 4 heteroatoms. The SMILES string of the molecule is OCC1CCCN1Cc1ccc(Cl)c(Br)c1. The van der Waals surface area contributed by atoms with E-state index in [1.807, 2.05) is 12.1 Å². The minimum atomic E-state index is 0.259. The summed E-state index contributed by atoms with van der Waals surface area (Å²) in [7, 11) is 0. The van der Waals surface area contributed by atoms with Crippen LogP contribution in [0.15, 0.2) is 22.7 Å². The Labute approximate surface area is 109 Å². The van der Waals surface area contributed by atoms with Crippen LogP contribution in [0.5, 0.6) is 0 Å². The fourth-order valence-electron chi connectivity index (χ4n) is 2.18. The van der Waals surface area contributed by atoms with E-state index in [-0.39, 0.29) is 6.61 Å². The van der Waals surface area contributed by atoms with Crippen molar-refractivity contribution in [2.75, 3.05) is 13.2 Å². The van der Waals surface area contributed by atoms with Crippen LogP contribution in [0.2, 0.25) is 5.02 Å². The van der Waals surface area contributed by atoms with Gasteiger partial charge < -0.3 is 5.11 Å². The number of rotatable bonds is 3. The third-order valence-electron chi connectivity index (χ3n) is 3.08. The van der Waals surface area contributed by atoms with E-state index in [2.05, 4.69) is 26.9 Å². The van der Waals surface area contributed by atoms with Gasteiger partial charge in [0.15, 0.2) is 0 Å². The monoisotopic (exact) mass is 303 g/mol. The Balaban J connectivity index is 2.05. The summed E-state index contributed by atoms with van der Waals surface area (Å²) in [6.45, 7) is 2.22. The summed E-state index contributed by atoms with van der Waals surface area (Å²) in [4.78, 5) is 2.33. The summed E-state index contributed by atoms with van der Waals surface area (Å²) in [5.74, 6) is 0. The van der Waals surface area contributed by atoms with Crippen LogP contribution < -0.4 is 0 Å². The van der Waals surface area contributed by atoms with E-state index in [1.165, 1.54) is 12.0 Å². The molecule has 0 aliphatic carbocycles. The van der Waals surface area contributed by atoms with Crippen LogP contribution in [-0.2, 0) is 6.54 Å². The smallest absolute Gasteiger partial charge is 0.0587 e. The van der Waals surface area contributed by atoms with Gasteiger partial charge in [0, 0.05) is 17.1 Å². The lowest BCUT2D eigenvalue weighted by Gasteiger charge is -2.22. The fourth-order valence-corrected chi connectivity index (χ4v) is 2.73. The Bertz CT molecular complexity index is 372. The lowest BCUT2D eigenvalue weighted by Crippen LogP contribution is -2.31. The van der Waals surface area contributed by atoms with E-state index < -0.39 is 0 Å². The zero-order valence-electron chi connectivity index (χ0n) is 9.00. The molecule has 88 valence electrons. The van der Waals surface area contributed by atoms with Gasteiger partial charge in [0.1, 0.15) is 0 Å². The summed E-state index contributed by atoms with van der Waals surface area (Å²) >= 11 is 9.38. The molecule has 1 unspecified atom stereocenters. The van der Waals surface area contributed by atoms with Gasteiger partial charge in [-0.25, -0.2) is 0 Å². The van der Waals surface area contributed by atoms with Crippen LogP contribution in [0.1, 0.15) is 18.4 Å². The zero-order valence-corrected chi connectivity index (χ0v) is 11.3. The molecule has 16 heavy (non-hydrogen) atoms. The molecular weight excluding hydrogens is 289 g/mol. The first kappa shape index (κ1) is 12.4. The molecule has 0 amide bonds. The fraction of sp³-hybridized carbons (Fsp3) is 0.500. The first-order chi connectivity index (χ1) is 7.70. The number of halogens is 2. The lowest BCUT2D eigenvalue weighted by molar-refractivity contribution is 0.153. The molecule has 0 aromatic heterocycles. The second-order valence-corrected chi connectivity index (χ2v) is 5.46. The molecule has 0 radical (unpaired) electrons. The molecule has 0 spiro atoms. The van der Waals surface area contributed by atoms with Gasteiger partial charge in [-0.05, 0) is 53.0 Å². The largest absolute Gasteiger partial charge is 0.395 e. The van der Waals surface area contributed by atoms with E-state index >= 15 is 0 Å². The topological polar surface area (TPSA) is 23.5 Å². The van der Waals surface area contributed by atoms with Gasteiger partial charge in [0.05, 0.1) is 11.6 Å². The lowest BCUT2D eigenvalue weighted by atomic mass is 10.2. The van der Waals surface area contributed by atoms with E-state index in [9.17, 15) is 5.11 Å². The number of hydrogen-bond donors (Lipinski definition) is 1. The van der Waals surface area contributed by atoms with Crippen LogP contribution in [0, 0.1) is 0 Å². The maximum Gasteiger partial charge on any atom is 0.0587 e. The average molecular weight is 305 g/mol. The number of aliphatic hydroxyl groups is 1. The van der Waals surface area contributed by atoms with Crippen molar-refractivity contribution in [1.29, 1.82) is 0 Å². The Hall–Kier alpha value is -0.0900. The summed E-state index contributed by atoms with van der Waals surface area (Å²) in [5, 5.41) is 9.98. The number of benzene rings is 1. The van der Waals surface area contributed by atoms with Crippen molar-refractivity contribution in [3.63, 3.8) is 0 Å². The quantitative estimate of drug-likeness (QED) is 0.928. The number of likely N-dealkylation sites (tertiary alicyclic amines) is 1. The molecule has 1 heterocycles. The molecular formula is C12H15BrClNO. The van der Waals surface area contributed by atoms with Gasteiger partial charge in [-0.15, -0.1) is 0 Å². The Morgan fingerprint density at radius 2 is 2.31 bits per heavy atom.